The predicted octanol–water partition coefficient (Wildman–Crippen LogP) is 2.31. The van der Waals surface area contributed by atoms with Gasteiger partial charge in [-0.2, -0.15) is 4.68 Å². The van der Waals surface area contributed by atoms with Crippen molar-refractivity contribution in [2.45, 2.75) is 0 Å². The first kappa shape index (κ1) is 11.3. The van der Waals surface area contributed by atoms with E-state index in [2.05, 4.69) is 10.3 Å². The van der Waals surface area contributed by atoms with E-state index in [9.17, 15) is 0 Å². The zero-order valence-electron chi connectivity index (χ0n) is 10.3. The van der Waals surface area contributed by atoms with Crippen LogP contribution in [0.3, 0.4) is 0 Å². The minimum Gasteiger partial charge on any atom is -0.454 e. The number of thiophene rings is 1. The summed E-state index contributed by atoms with van der Waals surface area (Å²) in [6, 6.07) is 9.47. The number of hydrogen-bond acceptors (Lipinski definition) is 6. The Hall–Kier alpha value is -2.54. The number of rotatable bonds is 2. The van der Waals surface area contributed by atoms with Gasteiger partial charge in [-0.25, -0.2) is 0 Å². The zero-order chi connectivity index (χ0) is 13.5. The van der Waals surface area contributed by atoms with E-state index in [0.29, 0.717) is 17.3 Å². The molecule has 3 aromatic rings. The number of ether oxygens (including phenoxy) is 2. The molecule has 0 radical (unpaired) electrons. The molecule has 1 aliphatic rings. The lowest BCUT2D eigenvalue weighted by atomic mass is 10.2. The number of aromatic nitrogens is 3. The summed E-state index contributed by atoms with van der Waals surface area (Å²) in [4.78, 5) is 0.995. The predicted molar refractivity (Wildman–Crippen MR) is 75.2 cm³/mol. The fourth-order valence-electron chi connectivity index (χ4n) is 2.09. The Morgan fingerprint density at radius 2 is 2.10 bits per heavy atom. The highest BCUT2D eigenvalue weighted by Crippen LogP contribution is 2.35. The van der Waals surface area contributed by atoms with E-state index >= 15 is 0 Å². The molecule has 0 amide bonds. The molecule has 0 unspecified atom stereocenters. The molecular weight excluding hydrogens is 276 g/mol. The molecule has 7 heteroatoms. The van der Waals surface area contributed by atoms with Crippen LogP contribution in [0, 0.1) is 0 Å². The van der Waals surface area contributed by atoms with Gasteiger partial charge in [-0.05, 0) is 23.6 Å². The molecule has 1 aromatic carbocycles. The molecule has 0 bridgehead atoms. The van der Waals surface area contributed by atoms with Crippen molar-refractivity contribution >= 4 is 17.2 Å². The van der Waals surface area contributed by atoms with Crippen LogP contribution in [0.25, 0.3) is 16.3 Å². The average molecular weight is 286 g/mol. The van der Waals surface area contributed by atoms with Crippen molar-refractivity contribution in [3.05, 3.63) is 35.7 Å². The molecule has 0 aliphatic carbocycles. The van der Waals surface area contributed by atoms with Gasteiger partial charge in [0.15, 0.2) is 17.3 Å². The van der Waals surface area contributed by atoms with Crippen LogP contribution in [0.15, 0.2) is 35.7 Å². The lowest BCUT2D eigenvalue weighted by Gasteiger charge is -2.04. The summed E-state index contributed by atoms with van der Waals surface area (Å²) in [5.41, 5.74) is 7.63. The van der Waals surface area contributed by atoms with Crippen molar-refractivity contribution in [3.63, 3.8) is 0 Å². The van der Waals surface area contributed by atoms with Gasteiger partial charge < -0.3 is 15.2 Å². The van der Waals surface area contributed by atoms with Gasteiger partial charge in [-0.3, -0.25) is 0 Å². The third-order valence-electron chi connectivity index (χ3n) is 3.06. The standard InChI is InChI=1S/C13H10N4O2S/c14-13-12(11-2-1-5-20-11)15-16-17(13)8-3-4-9-10(6-8)19-7-18-9/h1-6H,7,14H2. The monoisotopic (exact) mass is 286 g/mol. The minimum atomic E-state index is 0.242. The number of nitrogens with two attached hydrogens (primary N) is 1. The SMILES string of the molecule is Nc1c(-c2cccs2)nnn1-c1ccc2c(c1)OCO2. The highest BCUT2D eigenvalue weighted by Gasteiger charge is 2.17. The summed E-state index contributed by atoms with van der Waals surface area (Å²) >= 11 is 1.58. The van der Waals surface area contributed by atoms with Crippen LogP contribution in [0.2, 0.25) is 0 Å². The molecular formula is C13H10N4O2S. The first-order valence-electron chi connectivity index (χ1n) is 5.98. The molecule has 0 spiro atoms. The van der Waals surface area contributed by atoms with Crippen molar-refractivity contribution in [3.8, 4) is 27.8 Å². The third kappa shape index (κ3) is 1.64. The second-order valence-corrected chi connectivity index (χ2v) is 5.20. The van der Waals surface area contributed by atoms with Crippen LogP contribution in [-0.2, 0) is 0 Å². The van der Waals surface area contributed by atoms with Gasteiger partial charge in [0.25, 0.3) is 0 Å². The minimum absolute atomic E-state index is 0.242. The summed E-state index contributed by atoms with van der Waals surface area (Å²) in [6.45, 7) is 0.242. The van der Waals surface area contributed by atoms with Gasteiger partial charge in [-0.15, -0.1) is 16.4 Å². The van der Waals surface area contributed by atoms with E-state index in [1.807, 2.05) is 35.7 Å². The Morgan fingerprint density at radius 3 is 2.95 bits per heavy atom. The van der Waals surface area contributed by atoms with E-state index in [1.54, 1.807) is 16.0 Å². The number of benzene rings is 1. The topological polar surface area (TPSA) is 75.2 Å². The first-order chi connectivity index (χ1) is 9.83. The highest BCUT2D eigenvalue weighted by atomic mass is 32.1. The number of anilines is 1. The molecule has 100 valence electrons. The summed E-state index contributed by atoms with van der Waals surface area (Å²) in [6.07, 6.45) is 0. The van der Waals surface area contributed by atoms with Crippen molar-refractivity contribution < 1.29 is 9.47 Å². The maximum Gasteiger partial charge on any atom is 0.231 e. The Kier molecular flexibility index (Phi) is 2.40. The van der Waals surface area contributed by atoms with Crippen LogP contribution in [0.4, 0.5) is 5.82 Å². The lowest BCUT2D eigenvalue weighted by molar-refractivity contribution is 0.174. The van der Waals surface area contributed by atoms with Crippen molar-refractivity contribution in [1.29, 1.82) is 0 Å². The molecule has 2 N–H and O–H groups in total. The van der Waals surface area contributed by atoms with Crippen LogP contribution < -0.4 is 15.2 Å². The second-order valence-electron chi connectivity index (χ2n) is 4.25. The average Bonchev–Trinajstić information content (AvgIpc) is 3.17. The Labute approximate surface area is 118 Å². The largest absolute Gasteiger partial charge is 0.454 e. The van der Waals surface area contributed by atoms with Crippen molar-refractivity contribution in [2.24, 2.45) is 0 Å². The molecule has 3 heterocycles. The van der Waals surface area contributed by atoms with E-state index in [0.717, 1.165) is 16.3 Å². The van der Waals surface area contributed by atoms with E-state index in [1.165, 1.54) is 0 Å². The van der Waals surface area contributed by atoms with Gasteiger partial charge in [0.1, 0.15) is 5.69 Å². The van der Waals surface area contributed by atoms with Crippen LogP contribution >= 0.6 is 11.3 Å². The van der Waals surface area contributed by atoms with Gasteiger partial charge in [-0.1, -0.05) is 11.3 Å². The molecule has 0 saturated heterocycles. The van der Waals surface area contributed by atoms with E-state index in [-0.39, 0.29) is 6.79 Å². The van der Waals surface area contributed by atoms with Crippen LogP contribution in [-0.4, -0.2) is 21.8 Å². The van der Waals surface area contributed by atoms with Crippen LogP contribution in [0.1, 0.15) is 0 Å². The fraction of sp³-hybridized carbons (Fsp3) is 0.0769. The summed E-state index contributed by atoms with van der Waals surface area (Å²) in [5, 5.41) is 10.3. The fourth-order valence-corrected chi connectivity index (χ4v) is 2.80. The van der Waals surface area contributed by atoms with Crippen LogP contribution in [0.5, 0.6) is 11.5 Å². The number of fused-ring (bicyclic) bond motifs is 1. The summed E-state index contributed by atoms with van der Waals surface area (Å²) < 4.78 is 12.2. The van der Waals surface area contributed by atoms with E-state index in [4.69, 9.17) is 15.2 Å². The van der Waals surface area contributed by atoms with Crippen molar-refractivity contribution in [2.75, 3.05) is 12.5 Å². The number of nitrogen functional groups attached to an aromatic ring is 1. The highest BCUT2D eigenvalue weighted by molar-refractivity contribution is 7.13. The first-order valence-corrected chi connectivity index (χ1v) is 6.86. The number of nitrogens with zero attached hydrogens (tertiary/aromatic N) is 3. The zero-order valence-corrected chi connectivity index (χ0v) is 11.1. The Balaban J connectivity index is 1.80. The molecule has 6 nitrogen and oxygen atoms in total. The molecule has 20 heavy (non-hydrogen) atoms. The molecule has 2 aromatic heterocycles. The maximum absolute atomic E-state index is 6.14. The number of hydrogen-bond donors (Lipinski definition) is 1. The summed E-state index contributed by atoms with van der Waals surface area (Å²) in [5.74, 6) is 1.92. The lowest BCUT2D eigenvalue weighted by Crippen LogP contribution is -2.02. The van der Waals surface area contributed by atoms with Gasteiger partial charge in [0.2, 0.25) is 6.79 Å². The molecule has 0 fully saturated rings. The van der Waals surface area contributed by atoms with Gasteiger partial charge >= 0.3 is 0 Å². The second kappa shape index (κ2) is 4.24. The molecule has 0 saturated carbocycles. The molecule has 4 rings (SSSR count). The normalized spacial score (nSPS) is 12.8. The van der Waals surface area contributed by atoms with Gasteiger partial charge in [0.05, 0.1) is 10.6 Å². The Morgan fingerprint density at radius 1 is 1.20 bits per heavy atom. The summed E-state index contributed by atoms with van der Waals surface area (Å²) in [7, 11) is 0. The quantitative estimate of drug-likeness (QED) is 0.782. The maximum atomic E-state index is 6.14. The van der Waals surface area contributed by atoms with Gasteiger partial charge in [0, 0.05) is 6.07 Å². The molecule has 1 aliphatic heterocycles. The third-order valence-corrected chi connectivity index (χ3v) is 3.94. The smallest absolute Gasteiger partial charge is 0.231 e. The van der Waals surface area contributed by atoms with Crippen molar-refractivity contribution in [1.82, 2.24) is 15.0 Å². The molecule has 0 atom stereocenters. The van der Waals surface area contributed by atoms with E-state index < -0.39 is 0 Å². The Bertz CT molecular complexity index is 767.